The Bertz CT molecular complexity index is 712. The highest BCUT2D eigenvalue weighted by atomic mass is 32.2. The van der Waals surface area contributed by atoms with Crippen LogP contribution in [-0.4, -0.2) is 15.5 Å². The van der Waals surface area contributed by atoms with Crippen molar-refractivity contribution in [2.45, 2.75) is 24.9 Å². The van der Waals surface area contributed by atoms with Crippen molar-refractivity contribution in [3.63, 3.8) is 0 Å². The zero-order valence-corrected chi connectivity index (χ0v) is 13.1. The van der Waals surface area contributed by atoms with Gasteiger partial charge in [0.05, 0.1) is 4.90 Å². The number of rotatable bonds is 6. The summed E-state index contributed by atoms with van der Waals surface area (Å²) in [5, 5.41) is 3.01. The highest BCUT2D eigenvalue weighted by Gasteiger charge is 2.14. The fourth-order valence-electron chi connectivity index (χ4n) is 2.09. The molecule has 0 atom stereocenters. The van der Waals surface area contributed by atoms with Gasteiger partial charge in [-0.25, -0.2) is 13.1 Å². The molecular weight excluding hydrogens is 284 g/mol. The van der Waals surface area contributed by atoms with Crippen LogP contribution >= 0.6 is 0 Å². The van der Waals surface area contributed by atoms with E-state index in [1.165, 1.54) is 0 Å². The molecule has 2 rings (SSSR count). The van der Waals surface area contributed by atoms with Crippen molar-refractivity contribution < 1.29 is 8.42 Å². The van der Waals surface area contributed by atoms with Crippen molar-refractivity contribution >= 4 is 10.0 Å². The average Bonchev–Trinajstić information content (AvgIpc) is 2.47. The molecule has 0 aromatic heterocycles. The molecule has 112 valence electrons. The predicted octanol–water partition coefficient (Wildman–Crippen LogP) is 2.19. The molecule has 0 heterocycles. The fraction of sp³-hybridized carbons (Fsp3) is 0.250. The average molecular weight is 304 g/mol. The van der Waals surface area contributed by atoms with Gasteiger partial charge >= 0.3 is 0 Å². The van der Waals surface area contributed by atoms with Gasteiger partial charge in [-0.15, -0.1) is 0 Å². The van der Waals surface area contributed by atoms with Gasteiger partial charge in [0.25, 0.3) is 0 Å². The molecule has 2 N–H and O–H groups in total. The molecule has 21 heavy (non-hydrogen) atoms. The third-order valence-corrected chi connectivity index (χ3v) is 4.70. The molecule has 0 aliphatic carbocycles. The second-order valence-corrected chi connectivity index (χ2v) is 6.70. The molecule has 0 amide bonds. The Kier molecular flexibility index (Phi) is 5.12. The molecule has 2 aromatic carbocycles. The van der Waals surface area contributed by atoms with Crippen molar-refractivity contribution in [1.82, 2.24) is 10.0 Å². The van der Waals surface area contributed by atoms with Crippen LogP contribution in [0.4, 0.5) is 0 Å². The van der Waals surface area contributed by atoms with Crippen LogP contribution in [-0.2, 0) is 23.1 Å². The topological polar surface area (TPSA) is 58.2 Å². The summed E-state index contributed by atoms with van der Waals surface area (Å²) >= 11 is 0. The van der Waals surface area contributed by atoms with Gasteiger partial charge in [-0.1, -0.05) is 36.4 Å². The van der Waals surface area contributed by atoms with Crippen LogP contribution < -0.4 is 10.0 Å². The second kappa shape index (κ2) is 6.85. The summed E-state index contributed by atoms with van der Waals surface area (Å²) in [6.45, 7) is 2.91. The van der Waals surface area contributed by atoms with E-state index in [-0.39, 0.29) is 0 Å². The molecule has 0 aliphatic heterocycles. The van der Waals surface area contributed by atoms with Gasteiger partial charge in [-0.05, 0) is 42.8 Å². The van der Waals surface area contributed by atoms with Gasteiger partial charge in [0.1, 0.15) is 0 Å². The lowest BCUT2D eigenvalue weighted by Crippen LogP contribution is -2.23. The first kappa shape index (κ1) is 15.7. The zero-order chi connectivity index (χ0) is 15.3. The molecule has 0 bridgehead atoms. The van der Waals surface area contributed by atoms with E-state index >= 15 is 0 Å². The lowest BCUT2D eigenvalue weighted by molar-refractivity contribution is 0.581. The highest BCUT2D eigenvalue weighted by molar-refractivity contribution is 7.89. The minimum Gasteiger partial charge on any atom is -0.316 e. The Morgan fingerprint density at radius 1 is 1.00 bits per heavy atom. The summed E-state index contributed by atoms with van der Waals surface area (Å²) in [4.78, 5) is 0.295. The van der Waals surface area contributed by atoms with Crippen molar-refractivity contribution in [1.29, 1.82) is 0 Å². The summed E-state index contributed by atoms with van der Waals surface area (Å²) in [5.74, 6) is 0. The molecular formula is C16H20N2O2S. The molecule has 0 saturated heterocycles. The molecule has 0 unspecified atom stereocenters. The fourth-order valence-corrected chi connectivity index (χ4v) is 3.17. The quantitative estimate of drug-likeness (QED) is 0.860. The Morgan fingerprint density at radius 3 is 2.48 bits per heavy atom. The molecule has 5 heteroatoms. The standard InChI is InChI=1S/C16H20N2O2S/c1-13-6-3-4-8-15(13)12-18-21(19,20)16-9-5-7-14(10-16)11-17-2/h3-10,17-18H,11-12H2,1-2H3. The maximum atomic E-state index is 12.3. The third kappa shape index (κ3) is 4.14. The SMILES string of the molecule is CNCc1cccc(S(=O)(=O)NCc2ccccc2C)c1. The Balaban J connectivity index is 2.15. The second-order valence-electron chi connectivity index (χ2n) is 4.93. The normalized spacial score (nSPS) is 11.5. The number of hydrogen-bond acceptors (Lipinski definition) is 3. The van der Waals surface area contributed by atoms with Crippen molar-refractivity contribution in [3.05, 3.63) is 65.2 Å². The van der Waals surface area contributed by atoms with Gasteiger partial charge in [0, 0.05) is 13.1 Å². The molecule has 0 spiro atoms. The minimum atomic E-state index is -3.49. The summed E-state index contributed by atoms with van der Waals surface area (Å²) in [6.07, 6.45) is 0. The highest BCUT2D eigenvalue weighted by Crippen LogP contribution is 2.13. The monoisotopic (exact) mass is 304 g/mol. The van der Waals surface area contributed by atoms with Gasteiger partial charge in [-0.3, -0.25) is 0 Å². The van der Waals surface area contributed by atoms with E-state index in [1.807, 2.05) is 44.3 Å². The minimum absolute atomic E-state index is 0.295. The van der Waals surface area contributed by atoms with Crippen molar-refractivity contribution in [2.24, 2.45) is 0 Å². The summed E-state index contributed by atoms with van der Waals surface area (Å²) in [7, 11) is -1.66. The Morgan fingerprint density at radius 2 is 1.76 bits per heavy atom. The van der Waals surface area contributed by atoms with Crippen LogP contribution in [0.5, 0.6) is 0 Å². The van der Waals surface area contributed by atoms with Crippen LogP contribution in [0.2, 0.25) is 0 Å². The van der Waals surface area contributed by atoms with E-state index in [0.29, 0.717) is 18.0 Å². The number of aryl methyl sites for hydroxylation is 1. The van der Waals surface area contributed by atoms with Crippen LogP contribution in [0, 0.1) is 6.92 Å². The maximum absolute atomic E-state index is 12.3. The van der Waals surface area contributed by atoms with E-state index in [1.54, 1.807) is 18.2 Å². The van der Waals surface area contributed by atoms with Gasteiger partial charge in [0.15, 0.2) is 0 Å². The molecule has 4 nitrogen and oxygen atoms in total. The lowest BCUT2D eigenvalue weighted by atomic mass is 10.1. The first-order valence-electron chi connectivity index (χ1n) is 6.80. The Hall–Kier alpha value is -1.69. The van der Waals surface area contributed by atoms with Crippen LogP contribution in [0.15, 0.2) is 53.4 Å². The Labute approximate surface area is 126 Å². The number of hydrogen-bond donors (Lipinski definition) is 2. The van der Waals surface area contributed by atoms with Crippen molar-refractivity contribution in [3.8, 4) is 0 Å². The van der Waals surface area contributed by atoms with Gasteiger partial charge < -0.3 is 5.32 Å². The number of benzene rings is 2. The first-order chi connectivity index (χ1) is 10.0. The summed E-state index contributed by atoms with van der Waals surface area (Å²) in [5.41, 5.74) is 2.99. The molecule has 0 aliphatic rings. The predicted molar refractivity (Wildman–Crippen MR) is 84.4 cm³/mol. The first-order valence-corrected chi connectivity index (χ1v) is 8.29. The molecule has 0 saturated carbocycles. The largest absolute Gasteiger partial charge is 0.316 e. The maximum Gasteiger partial charge on any atom is 0.240 e. The molecule has 2 aromatic rings. The van der Waals surface area contributed by atoms with E-state index < -0.39 is 10.0 Å². The zero-order valence-electron chi connectivity index (χ0n) is 12.3. The lowest BCUT2D eigenvalue weighted by Gasteiger charge is -2.10. The van der Waals surface area contributed by atoms with Crippen molar-refractivity contribution in [2.75, 3.05) is 7.05 Å². The van der Waals surface area contributed by atoms with E-state index in [0.717, 1.165) is 16.7 Å². The summed E-state index contributed by atoms with van der Waals surface area (Å²) in [6, 6.07) is 14.7. The third-order valence-electron chi connectivity index (χ3n) is 3.30. The van der Waals surface area contributed by atoms with Crippen LogP contribution in [0.3, 0.4) is 0 Å². The smallest absolute Gasteiger partial charge is 0.240 e. The summed E-state index contributed by atoms with van der Waals surface area (Å²) < 4.78 is 27.3. The molecule has 0 fully saturated rings. The van der Waals surface area contributed by atoms with Crippen LogP contribution in [0.1, 0.15) is 16.7 Å². The van der Waals surface area contributed by atoms with Crippen LogP contribution in [0.25, 0.3) is 0 Å². The number of nitrogens with one attached hydrogen (secondary N) is 2. The van der Waals surface area contributed by atoms with Gasteiger partial charge in [-0.2, -0.15) is 0 Å². The van der Waals surface area contributed by atoms with Gasteiger partial charge in [0.2, 0.25) is 10.0 Å². The van der Waals surface area contributed by atoms with E-state index in [2.05, 4.69) is 10.0 Å². The number of sulfonamides is 1. The van der Waals surface area contributed by atoms with E-state index in [4.69, 9.17) is 0 Å². The molecule has 0 radical (unpaired) electrons. The van der Waals surface area contributed by atoms with E-state index in [9.17, 15) is 8.42 Å².